The summed E-state index contributed by atoms with van der Waals surface area (Å²) < 4.78 is 0. The number of amides is 1. The van der Waals surface area contributed by atoms with Gasteiger partial charge in [-0.3, -0.25) is 4.79 Å². The van der Waals surface area contributed by atoms with E-state index in [0.29, 0.717) is 0 Å². The summed E-state index contributed by atoms with van der Waals surface area (Å²) in [6, 6.07) is -2.19. The molecule has 0 aromatic carbocycles. The molecule has 1 fully saturated rings. The number of β-lactam (4-membered cyclic amide) rings is 1. The Morgan fingerprint density at radius 3 is 2.56 bits per heavy atom. The summed E-state index contributed by atoms with van der Waals surface area (Å²) >= 11 is 1.06. The lowest BCUT2D eigenvalue weighted by Crippen LogP contribution is -2.72. The zero-order valence-electron chi connectivity index (χ0n) is 7.86. The number of fused-ring (bicyclic) bond motifs is 1. The Morgan fingerprint density at radius 2 is 2.06 bits per heavy atom. The Balaban J connectivity index is 2.38. The van der Waals surface area contributed by atoms with Crippen molar-refractivity contribution >= 4 is 29.6 Å². The quantitative estimate of drug-likeness (QED) is 0.513. The number of hydrogen-bond acceptors (Lipinski definition) is 5. The molecule has 2 aliphatic rings. The van der Waals surface area contributed by atoms with Gasteiger partial charge in [-0.1, -0.05) is 0 Å². The van der Waals surface area contributed by atoms with Gasteiger partial charge in [-0.25, -0.2) is 9.59 Å². The van der Waals surface area contributed by atoms with Crippen molar-refractivity contribution in [3.05, 3.63) is 11.0 Å². The molecule has 1 amide bonds. The maximum atomic E-state index is 11.4. The number of aliphatic carboxylic acids is 2. The van der Waals surface area contributed by atoms with Crippen LogP contribution in [0.2, 0.25) is 0 Å². The van der Waals surface area contributed by atoms with E-state index >= 15 is 0 Å². The topological polar surface area (TPSA) is 121 Å². The first-order valence-corrected chi connectivity index (χ1v) is 5.29. The van der Waals surface area contributed by atoms with Crippen LogP contribution in [0.4, 0.5) is 0 Å². The minimum Gasteiger partial charge on any atom is -0.479 e. The van der Waals surface area contributed by atoms with Crippen molar-refractivity contribution in [2.45, 2.75) is 17.5 Å². The molecule has 0 saturated carbocycles. The van der Waals surface area contributed by atoms with Crippen LogP contribution in [-0.2, 0) is 14.4 Å². The van der Waals surface area contributed by atoms with E-state index in [4.69, 9.17) is 15.9 Å². The number of nitrogens with zero attached hydrogens (tertiary/aromatic N) is 1. The molecule has 16 heavy (non-hydrogen) atoms. The normalized spacial score (nSPS) is 32.6. The number of rotatable bonds is 2. The highest BCUT2D eigenvalue weighted by molar-refractivity contribution is 8.03. The van der Waals surface area contributed by atoms with Gasteiger partial charge in [0.05, 0.1) is 5.57 Å². The maximum Gasteiger partial charge on any atom is 0.334 e. The Hall–Kier alpha value is -1.54. The summed E-state index contributed by atoms with van der Waals surface area (Å²) in [6.07, 6.45) is 0. The third kappa shape index (κ3) is 1.30. The molecule has 0 bridgehead atoms. The third-order valence-electron chi connectivity index (χ3n) is 2.51. The Kier molecular flexibility index (Phi) is 2.39. The molecule has 0 radical (unpaired) electrons. The van der Waals surface area contributed by atoms with Crippen molar-refractivity contribution in [2.24, 2.45) is 5.73 Å². The largest absolute Gasteiger partial charge is 0.479 e. The van der Waals surface area contributed by atoms with Gasteiger partial charge >= 0.3 is 11.9 Å². The fourth-order valence-corrected chi connectivity index (χ4v) is 2.87. The SMILES string of the molecule is NC1C(=O)N2C(C(=O)O)C(C(=O)O)=CS[C@H]12. The number of thioether (sulfide) groups is 1. The van der Waals surface area contributed by atoms with E-state index in [0.717, 1.165) is 16.7 Å². The minimum atomic E-state index is -1.43. The first-order chi connectivity index (χ1) is 7.45. The highest BCUT2D eigenvalue weighted by atomic mass is 32.2. The van der Waals surface area contributed by atoms with E-state index in [2.05, 4.69) is 0 Å². The van der Waals surface area contributed by atoms with Crippen molar-refractivity contribution in [3.63, 3.8) is 0 Å². The molecule has 0 spiro atoms. The Labute approximate surface area is 93.9 Å². The number of carboxylic acids is 2. The lowest BCUT2D eigenvalue weighted by Gasteiger charge is -2.49. The summed E-state index contributed by atoms with van der Waals surface area (Å²) in [5.41, 5.74) is 5.17. The van der Waals surface area contributed by atoms with Crippen LogP contribution in [0.1, 0.15) is 0 Å². The fourth-order valence-electron chi connectivity index (χ4n) is 1.71. The fraction of sp³-hybridized carbons (Fsp3) is 0.375. The number of carbonyl (C=O) groups is 3. The Bertz CT molecular complexity index is 421. The molecule has 2 heterocycles. The van der Waals surface area contributed by atoms with Gasteiger partial charge in [-0.15, -0.1) is 11.8 Å². The van der Waals surface area contributed by atoms with E-state index in [1.54, 1.807) is 0 Å². The van der Waals surface area contributed by atoms with Gasteiger partial charge in [0.15, 0.2) is 6.04 Å². The zero-order valence-corrected chi connectivity index (χ0v) is 8.68. The van der Waals surface area contributed by atoms with Crippen LogP contribution in [-0.4, -0.2) is 50.4 Å². The van der Waals surface area contributed by atoms with Crippen molar-refractivity contribution in [3.8, 4) is 0 Å². The van der Waals surface area contributed by atoms with Crippen LogP contribution in [0.25, 0.3) is 0 Å². The first-order valence-electron chi connectivity index (χ1n) is 4.34. The summed E-state index contributed by atoms with van der Waals surface area (Å²) in [5.74, 6) is -3.23. The summed E-state index contributed by atoms with van der Waals surface area (Å²) in [6.45, 7) is 0. The summed E-state index contributed by atoms with van der Waals surface area (Å²) in [7, 11) is 0. The van der Waals surface area contributed by atoms with E-state index in [9.17, 15) is 14.4 Å². The standard InChI is InChI=1S/C8H8N2O5S/c9-3-5(11)10-4(8(14)15)2(7(12)13)1-16-6(3)10/h1,3-4,6H,9H2,(H,12,13)(H,14,15)/t3?,4?,6-/m1/s1. The third-order valence-corrected chi connectivity index (χ3v) is 3.70. The van der Waals surface area contributed by atoms with Gasteiger partial charge in [-0.05, 0) is 5.41 Å². The first kappa shape index (κ1) is 11.0. The van der Waals surface area contributed by atoms with E-state index < -0.39 is 35.3 Å². The van der Waals surface area contributed by atoms with Crippen LogP contribution in [0.5, 0.6) is 0 Å². The van der Waals surface area contributed by atoms with E-state index in [-0.39, 0.29) is 5.57 Å². The van der Waals surface area contributed by atoms with E-state index in [1.807, 2.05) is 0 Å². The van der Waals surface area contributed by atoms with Gasteiger partial charge in [0, 0.05) is 0 Å². The second-order valence-corrected chi connectivity index (χ2v) is 4.41. The van der Waals surface area contributed by atoms with Crippen LogP contribution < -0.4 is 5.73 Å². The van der Waals surface area contributed by atoms with Gasteiger partial charge in [-0.2, -0.15) is 0 Å². The average molecular weight is 244 g/mol. The molecule has 0 aliphatic carbocycles. The molecule has 86 valence electrons. The minimum absolute atomic E-state index is 0.311. The van der Waals surface area contributed by atoms with Gasteiger partial charge < -0.3 is 20.8 Å². The molecule has 3 atom stereocenters. The lowest BCUT2D eigenvalue weighted by atomic mass is 9.99. The number of nitrogens with two attached hydrogens (primary N) is 1. The molecule has 2 aliphatic heterocycles. The molecule has 0 aromatic rings. The predicted octanol–water partition coefficient (Wildman–Crippen LogP) is -1.35. The number of carboxylic acid groups (broad SMARTS) is 2. The van der Waals surface area contributed by atoms with Crippen LogP contribution in [0.15, 0.2) is 11.0 Å². The molecule has 7 nitrogen and oxygen atoms in total. The second kappa shape index (κ2) is 3.49. The highest BCUT2D eigenvalue weighted by Crippen LogP contribution is 2.38. The zero-order chi connectivity index (χ0) is 12.0. The summed E-state index contributed by atoms with van der Waals surface area (Å²) in [4.78, 5) is 34.2. The molecule has 2 unspecified atom stereocenters. The van der Waals surface area contributed by atoms with Gasteiger partial charge in [0.1, 0.15) is 11.4 Å². The lowest BCUT2D eigenvalue weighted by molar-refractivity contribution is -0.159. The monoisotopic (exact) mass is 244 g/mol. The molecular formula is C8H8N2O5S. The highest BCUT2D eigenvalue weighted by Gasteiger charge is 2.54. The second-order valence-electron chi connectivity index (χ2n) is 3.42. The van der Waals surface area contributed by atoms with Crippen LogP contribution in [0, 0.1) is 0 Å². The molecule has 4 N–H and O–H groups in total. The van der Waals surface area contributed by atoms with Gasteiger partial charge in [0.2, 0.25) is 5.91 Å². The Morgan fingerprint density at radius 1 is 1.44 bits per heavy atom. The van der Waals surface area contributed by atoms with Crippen molar-refractivity contribution < 1.29 is 24.6 Å². The van der Waals surface area contributed by atoms with Gasteiger partial charge in [0.25, 0.3) is 0 Å². The van der Waals surface area contributed by atoms with Crippen molar-refractivity contribution in [2.75, 3.05) is 0 Å². The molecule has 8 heteroatoms. The number of hydrogen-bond donors (Lipinski definition) is 3. The maximum absolute atomic E-state index is 11.4. The molecule has 2 rings (SSSR count). The number of carbonyl (C=O) groups excluding carboxylic acids is 1. The van der Waals surface area contributed by atoms with Crippen molar-refractivity contribution in [1.29, 1.82) is 0 Å². The van der Waals surface area contributed by atoms with Crippen LogP contribution in [0.3, 0.4) is 0 Å². The predicted molar refractivity (Wildman–Crippen MR) is 53.3 cm³/mol. The molecule has 1 saturated heterocycles. The van der Waals surface area contributed by atoms with Crippen LogP contribution >= 0.6 is 11.8 Å². The summed E-state index contributed by atoms with van der Waals surface area (Å²) in [5, 5.41) is 18.5. The molecule has 0 aromatic heterocycles. The van der Waals surface area contributed by atoms with Crippen molar-refractivity contribution in [1.82, 2.24) is 4.90 Å². The smallest absolute Gasteiger partial charge is 0.334 e. The molecular weight excluding hydrogens is 236 g/mol. The van der Waals surface area contributed by atoms with E-state index in [1.165, 1.54) is 5.41 Å². The average Bonchev–Trinajstić information content (AvgIpc) is 2.25.